The number of imidazole rings is 1. The lowest BCUT2D eigenvalue weighted by molar-refractivity contribution is -0.144. The summed E-state index contributed by atoms with van der Waals surface area (Å²) in [5.74, 6) is -1.08. The molecule has 1 aliphatic heterocycles. The number of halogens is 3. The molecule has 0 amide bonds. The van der Waals surface area contributed by atoms with E-state index >= 15 is 0 Å². The van der Waals surface area contributed by atoms with Gasteiger partial charge < -0.3 is 4.98 Å². The predicted molar refractivity (Wildman–Crippen MR) is 94.5 cm³/mol. The number of aromatic nitrogens is 2. The molecule has 0 saturated carbocycles. The third kappa shape index (κ3) is 3.21. The van der Waals surface area contributed by atoms with Crippen LogP contribution in [0.25, 0.3) is 22.2 Å². The average Bonchev–Trinajstić information content (AvgIpc) is 3.31. The molecular formula is C18H16F3N3O2S. The fourth-order valence-corrected chi connectivity index (χ4v) is 4.86. The summed E-state index contributed by atoms with van der Waals surface area (Å²) in [4.78, 5) is 6.09. The van der Waals surface area contributed by atoms with E-state index in [1.807, 2.05) is 0 Å². The maximum absolute atomic E-state index is 13.0. The molecule has 3 aromatic rings. The third-order valence-electron chi connectivity index (χ3n) is 4.63. The van der Waals surface area contributed by atoms with E-state index in [2.05, 4.69) is 9.97 Å². The lowest BCUT2D eigenvalue weighted by atomic mass is 10.0. The van der Waals surface area contributed by atoms with Crippen LogP contribution >= 0.6 is 0 Å². The van der Waals surface area contributed by atoms with Gasteiger partial charge in [0.2, 0.25) is 15.8 Å². The minimum absolute atomic E-state index is 0.130. The quantitative estimate of drug-likeness (QED) is 0.728. The van der Waals surface area contributed by atoms with Crippen molar-refractivity contribution in [1.82, 2.24) is 14.3 Å². The van der Waals surface area contributed by atoms with Gasteiger partial charge in [-0.1, -0.05) is 24.3 Å². The van der Waals surface area contributed by atoms with Crippen LogP contribution < -0.4 is 0 Å². The largest absolute Gasteiger partial charge is 0.449 e. The van der Waals surface area contributed by atoms with E-state index in [0.29, 0.717) is 24.2 Å². The number of H-pyrrole nitrogens is 1. The number of rotatable bonds is 3. The molecule has 142 valence electrons. The molecule has 0 atom stereocenters. The third-order valence-corrected chi connectivity index (χ3v) is 6.52. The van der Waals surface area contributed by atoms with Gasteiger partial charge in [-0.3, -0.25) is 0 Å². The Morgan fingerprint density at radius 1 is 1.04 bits per heavy atom. The molecule has 0 spiro atoms. The van der Waals surface area contributed by atoms with Crippen molar-refractivity contribution in [1.29, 1.82) is 0 Å². The lowest BCUT2D eigenvalue weighted by Gasteiger charge is -2.16. The van der Waals surface area contributed by atoms with Crippen LogP contribution in [0.4, 0.5) is 13.2 Å². The van der Waals surface area contributed by atoms with Crippen LogP contribution in [-0.4, -0.2) is 35.8 Å². The number of sulfonamides is 1. The summed E-state index contributed by atoms with van der Waals surface area (Å²) in [5.41, 5.74) is 1.34. The smallest absolute Gasteiger partial charge is 0.334 e. The maximum atomic E-state index is 13.0. The first-order valence-electron chi connectivity index (χ1n) is 8.43. The van der Waals surface area contributed by atoms with E-state index in [1.54, 1.807) is 24.3 Å². The summed E-state index contributed by atoms with van der Waals surface area (Å²) < 4.78 is 65.9. The Hall–Kier alpha value is -2.39. The SMILES string of the molecule is O=S(=O)(c1cccc(-c2cccc3[nH]c(C(F)(F)F)nc23)c1)N1CCCC1. The van der Waals surface area contributed by atoms with E-state index in [4.69, 9.17) is 0 Å². The molecule has 0 bridgehead atoms. The zero-order valence-corrected chi connectivity index (χ0v) is 14.9. The highest BCUT2D eigenvalue weighted by atomic mass is 32.2. The summed E-state index contributed by atoms with van der Waals surface area (Å²) in [6, 6.07) is 11.0. The van der Waals surface area contributed by atoms with E-state index in [1.165, 1.54) is 22.5 Å². The molecule has 1 aromatic heterocycles. The van der Waals surface area contributed by atoms with Crippen LogP contribution in [0.15, 0.2) is 47.4 Å². The summed E-state index contributed by atoms with van der Waals surface area (Å²) in [5, 5.41) is 0. The van der Waals surface area contributed by atoms with Gasteiger partial charge in [-0.05, 0) is 36.6 Å². The fraction of sp³-hybridized carbons (Fsp3) is 0.278. The minimum atomic E-state index is -4.59. The molecule has 2 aromatic carbocycles. The van der Waals surface area contributed by atoms with Gasteiger partial charge in [0.25, 0.3) is 0 Å². The monoisotopic (exact) mass is 395 g/mol. The molecule has 0 radical (unpaired) electrons. The second-order valence-corrected chi connectivity index (χ2v) is 8.36. The van der Waals surface area contributed by atoms with Crippen LogP contribution in [0.1, 0.15) is 18.7 Å². The Morgan fingerprint density at radius 2 is 1.74 bits per heavy atom. The average molecular weight is 395 g/mol. The fourth-order valence-electron chi connectivity index (χ4n) is 3.30. The van der Waals surface area contributed by atoms with Crippen molar-refractivity contribution in [3.05, 3.63) is 48.3 Å². The molecule has 1 fully saturated rings. The zero-order valence-electron chi connectivity index (χ0n) is 14.1. The first-order chi connectivity index (χ1) is 12.8. The lowest BCUT2D eigenvalue weighted by Crippen LogP contribution is -2.27. The number of nitrogens with one attached hydrogen (secondary N) is 1. The van der Waals surface area contributed by atoms with Gasteiger partial charge in [-0.2, -0.15) is 17.5 Å². The van der Waals surface area contributed by atoms with Gasteiger partial charge in [-0.25, -0.2) is 13.4 Å². The van der Waals surface area contributed by atoms with Gasteiger partial charge in [-0.15, -0.1) is 0 Å². The summed E-state index contributed by atoms with van der Waals surface area (Å²) in [6.07, 6.45) is -2.94. The van der Waals surface area contributed by atoms with Crippen LogP contribution in [0.5, 0.6) is 0 Å². The van der Waals surface area contributed by atoms with E-state index in [0.717, 1.165) is 12.8 Å². The molecule has 5 nitrogen and oxygen atoms in total. The van der Waals surface area contributed by atoms with Crippen LogP contribution in [0.3, 0.4) is 0 Å². The van der Waals surface area contributed by atoms with Crippen molar-refractivity contribution in [2.45, 2.75) is 23.9 Å². The number of hydrogen-bond acceptors (Lipinski definition) is 3. The van der Waals surface area contributed by atoms with Crippen molar-refractivity contribution < 1.29 is 21.6 Å². The number of alkyl halides is 3. The number of benzene rings is 2. The second-order valence-electron chi connectivity index (χ2n) is 6.42. The highest BCUT2D eigenvalue weighted by Crippen LogP contribution is 2.33. The maximum Gasteiger partial charge on any atom is 0.449 e. The highest BCUT2D eigenvalue weighted by Gasteiger charge is 2.35. The van der Waals surface area contributed by atoms with Gasteiger partial charge in [0.1, 0.15) is 0 Å². The molecule has 0 aliphatic carbocycles. The Morgan fingerprint density at radius 3 is 2.44 bits per heavy atom. The van der Waals surface area contributed by atoms with Crippen LogP contribution in [-0.2, 0) is 16.2 Å². The summed E-state index contributed by atoms with van der Waals surface area (Å²) >= 11 is 0. The van der Waals surface area contributed by atoms with Gasteiger partial charge in [0, 0.05) is 18.7 Å². The first-order valence-corrected chi connectivity index (χ1v) is 9.87. The molecule has 2 heterocycles. The van der Waals surface area contributed by atoms with Crippen molar-refractivity contribution in [3.63, 3.8) is 0 Å². The molecule has 1 N–H and O–H groups in total. The summed E-state index contributed by atoms with van der Waals surface area (Å²) in [7, 11) is -3.62. The predicted octanol–water partition coefficient (Wildman–Crippen LogP) is 4.03. The Labute approximate surface area is 153 Å². The second kappa shape index (κ2) is 6.35. The number of fused-ring (bicyclic) bond motifs is 1. The standard InChI is InChI=1S/C18H16F3N3O2S/c19-18(20,21)17-22-15-8-4-7-14(16(15)23-17)12-5-3-6-13(11-12)27(25,26)24-9-1-2-10-24/h3-8,11H,1-2,9-10H2,(H,22,23). The van der Waals surface area contributed by atoms with Crippen molar-refractivity contribution in [3.8, 4) is 11.1 Å². The van der Waals surface area contributed by atoms with E-state index < -0.39 is 22.0 Å². The topological polar surface area (TPSA) is 66.1 Å². The first kappa shape index (κ1) is 18.0. The molecule has 27 heavy (non-hydrogen) atoms. The molecule has 0 unspecified atom stereocenters. The molecular weight excluding hydrogens is 379 g/mol. The van der Waals surface area contributed by atoms with Gasteiger partial charge >= 0.3 is 6.18 Å². The normalized spacial score (nSPS) is 16.3. The number of nitrogens with zero attached hydrogens (tertiary/aromatic N) is 2. The molecule has 1 saturated heterocycles. The zero-order chi connectivity index (χ0) is 19.2. The van der Waals surface area contributed by atoms with Crippen LogP contribution in [0.2, 0.25) is 0 Å². The number of aromatic amines is 1. The molecule has 9 heteroatoms. The van der Waals surface area contributed by atoms with Crippen LogP contribution in [0, 0.1) is 0 Å². The van der Waals surface area contributed by atoms with Crippen molar-refractivity contribution in [2.75, 3.05) is 13.1 Å². The Kier molecular flexibility index (Phi) is 4.23. The van der Waals surface area contributed by atoms with E-state index in [9.17, 15) is 21.6 Å². The summed E-state index contributed by atoms with van der Waals surface area (Å²) in [6.45, 7) is 0.965. The molecule has 4 rings (SSSR count). The Balaban J connectivity index is 1.82. The Bertz CT molecular complexity index is 1100. The van der Waals surface area contributed by atoms with Gasteiger partial charge in [0.05, 0.1) is 15.9 Å². The highest BCUT2D eigenvalue weighted by molar-refractivity contribution is 7.89. The van der Waals surface area contributed by atoms with E-state index in [-0.39, 0.29) is 15.9 Å². The number of hydrogen-bond donors (Lipinski definition) is 1. The number of para-hydroxylation sites is 1. The van der Waals surface area contributed by atoms with Crippen molar-refractivity contribution >= 4 is 21.1 Å². The van der Waals surface area contributed by atoms with Gasteiger partial charge in [0.15, 0.2) is 0 Å². The molecule has 1 aliphatic rings. The minimum Gasteiger partial charge on any atom is -0.334 e. The van der Waals surface area contributed by atoms with Crippen molar-refractivity contribution in [2.24, 2.45) is 0 Å².